The van der Waals surface area contributed by atoms with Crippen LogP contribution in [-0.2, 0) is 9.59 Å². The third kappa shape index (κ3) is 5.39. The van der Waals surface area contributed by atoms with Crippen LogP contribution in [0.1, 0.15) is 11.1 Å². The van der Waals surface area contributed by atoms with Gasteiger partial charge in [-0.05, 0) is 67.1 Å². The van der Waals surface area contributed by atoms with Crippen LogP contribution < -0.4 is 20.3 Å². The van der Waals surface area contributed by atoms with Crippen LogP contribution >= 0.6 is 11.6 Å². The number of ether oxygens (including phenoxy) is 1. The Morgan fingerprint density at radius 2 is 1.67 bits per heavy atom. The Balaban J connectivity index is 1.36. The van der Waals surface area contributed by atoms with Gasteiger partial charge in [0.15, 0.2) is 6.61 Å². The Kier molecular flexibility index (Phi) is 6.42. The highest BCUT2D eigenvalue weighted by atomic mass is 35.5. The molecule has 1 saturated heterocycles. The Hall–Kier alpha value is -4.10. The third-order valence-electron chi connectivity index (χ3n) is 4.86. The lowest BCUT2D eigenvalue weighted by molar-refractivity contribution is -0.118. The lowest BCUT2D eigenvalue weighted by Gasteiger charge is -2.11. The van der Waals surface area contributed by atoms with E-state index in [0.717, 1.165) is 10.5 Å². The summed E-state index contributed by atoms with van der Waals surface area (Å²) in [6, 6.07) is 20.2. The van der Waals surface area contributed by atoms with Crippen molar-refractivity contribution in [1.29, 1.82) is 0 Å². The van der Waals surface area contributed by atoms with Gasteiger partial charge in [0.2, 0.25) is 0 Å². The van der Waals surface area contributed by atoms with Crippen molar-refractivity contribution in [2.45, 2.75) is 6.92 Å². The number of anilines is 2. The second kappa shape index (κ2) is 9.58. The van der Waals surface area contributed by atoms with Crippen LogP contribution in [0.15, 0.2) is 78.5 Å². The predicted molar refractivity (Wildman–Crippen MR) is 127 cm³/mol. The van der Waals surface area contributed by atoms with Crippen molar-refractivity contribution in [1.82, 2.24) is 5.32 Å². The van der Waals surface area contributed by atoms with E-state index in [1.54, 1.807) is 54.6 Å². The van der Waals surface area contributed by atoms with Gasteiger partial charge in [0.05, 0.1) is 5.69 Å². The topological polar surface area (TPSA) is 87.7 Å². The van der Waals surface area contributed by atoms with Gasteiger partial charge < -0.3 is 15.4 Å². The zero-order valence-electron chi connectivity index (χ0n) is 17.7. The number of amides is 4. The SMILES string of the molecule is Cc1ccc(NC(=O)COc2ccc(/C=C3/NC(=O)N(c4ccc(Cl)cc4)C3=O)cc2)cc1. The van der Waals surface area contributed by atoms with E-state index in [-0.39, 0.29) is 18.2 Å². The maximum absolute atomic E-state index is 12.7. The Morgan fingerprint density at radius 1 is 1.00 bits per heavy atom. The number of urea groups is 1. The number of nitrogens with one attached hydrogen (secondary N) is 2. The molecular weight excluding hydrogens is 442 g/mol. The molecule has 1 fully saturated rings. The second-order valence-electron chi connectivity index (χ2n) is 7.38. The minimum Gasteiger partial charge on any atom is -0.484 e. The van der Waals surface area contributed by atoms with E-state index in [2.05, 4.69) is 10.6 Å². The van der Waals surface area contributed by atoms with Gasteiger partial charge in [-0.1, -0.05) is 41.4 Å². The van der Waals surface area contributed by atoms with E-state index in [1.165, 1.54) is 0 Å². The molecule has 4 rings (SSSR count). The standard InChI is InChI=1S/C25H20ClN3O4/c1-16-2-8-19(9-3-16)27-23(30)15-33-21-12-4-17(5-13-21)14-22-24(31)29(25(32)28-22)20-10-6-18(26)7-11-20/h2-14H,15H2,1H3,(H,27,30)(H,28,32)/b22-14+. The molecule has 1 heterocycles. The highest BCUT2D eigenvalue weighted by molar-refractivity contribution is 6.31. The van der Waals surface area contributed by atoms with E-state index in [9.17, 15) is 14.4 Å². The fraction of sp³-hybridized carbons (Fsp3) is 0.0800. The van der Waals surface area contributed by atoms with Gasteiger partial charge in [-0.15, -0.1) is 0 Å². The van der Waals surface area contributed by atoms with E-state index in [0.29, 0.717) is 27.7 Å². The number of rotatable bonds is 6. The molecule has 1 aliphatic heterocycles. The summed E-state index contributed by atoms with van der Waals surface area (Å²) < 4.78 is 5.52. The number of aryl methyl sites for hydroxylation is 1. The molecule has 0 atom stereocenters. The quantitative estimate of drug-likeness (QED) is 0.409. The largest absolute Gasteiger partial charge is 0.484 e. The number of benzene rings is 3. The minimum absolute atomic E-state index is 0.140. The number of hydrogen-bond acceptors (Lipinski definition) is 4. The molecule has 7 nitrogen and oxygen atoms in total. The number of halogens is 1. The zero-order valence-corrected chi connectivity index (χ0v) is 18.4. The molecule has 3 aromatic carbocycles. The summed E-state index contributed by atoms with van der Waals surface area (Å²) in [6.45, 7) is 1.83. The summed E-state index contributed by atoms with van der Waals surface area (Å²) in [7, 11) is 0. The lowest BCUT2D eigenvalue weighted by Crippen LogP contribution is -2.30. The molecule has 3 aromatic rings. The van der Waals surface area contributed by atoms with Gasteiger partial charge in [-0.25, -0.2) is 9.69 Å². The molecule has 8 heteroatoms. The van der Waals surface area contributed by atoms with E-state index in [1.807, 2.05) is 31.2 Å². The van der Waals surface area contributed by atoms with E-state index >= 15 is 0 Å². The number of imide groups is 1. The van der Waals surface area contributed by atoms with Crippen molar-refractivity contribution in [2.75, 3.05) is 16.8 Å². The molecule has 0 unspecified atom stereocenters. The Morgan fingerprint density at radius 3 is 2.33 bits per heavy atom. The minimum atomic E-state index is -0.534. The molecule has 2 N–H and O–H groups in total. The average molecular weight is 462 g/mol. The number of carbonyl (C=O) groups is 3. The normalized spacial score (nSPS) is 14.4. The van der Waals surface area contributed by atoms with Crippen LogP contribution in [0, 0.1) is 6.92 Å². The van der Waals surface area contributed by atoms with Crippen molar-refractivity contribution >= 4 is 46.9 Å². The molecule has 33 heavy (non-hydrogen) atoms. The molecule has 0 aromatic heterocycles. The monoisotopic (exact) mass is 461 g/mol. The molecule has 0 saturated carbocycles. The molecule has 4 amide bonds. The van der Waals surface area contributed by atoms with Crippen molar-refractivity contribution in [3.63, 3.8) is 0 Å². The molecular formula is C25H20ClN3O4. The molecule has 0 spiro atoms. The van der Waals surface area contributed by atoms with Gasteiger partial charge in [-0.2, -0.15) is 0 Å². The first-order chi connectivity index (χ1) is 15.9. The first kappa shape index (κ1) is 22.1. The summed E-state index contributed by atoms with van der Waals surface area (Å²) in [6.07, 6.45) is 1.57. The van der Waals surface area contributed by atoms with Crippen molar-refractivity contribution in [3.05, 3.63) is 94.6 Å². The fourth-order valence-electron chi connectivity index (χ4n) is 3.17. The number of hydrogen-bond donors (Lipinski definition) is 2. The average Bonchev–Trinajstić information content (AvgIpc) is 3.08. The van der Waals surface area contributed by atoms with Gasteiger partial charge in [0.25, 0.3) is 11.8 Å². The van der Waals surface area contributed by atoms with Crippen LogP contribution in [-0.4, -0.2) is 24.5 Å². The lowest BCUT2D eigenvalue weighted by atomic mass is 10.2. The molecule has 0 bridgehead atoms. The van der Waals surface area contributed by atoms with E-state index < -0.39 is 11.9 Å². The fourth-order valence-corrected chi connectivity index (χ4v) is 3.30. The summed E-state index contributed by atoms with van der Waals surface area (Å²) in [5.74, 6) is -0.234. The third-order valence-corrected chi connectivity index (χ3v) is 5.11. The smallest absolute Gasteiger partial charge is 0.333 e. The van der Waals surface area contributed by atoms with Crippen molar-refractivity contribution in [2.24, 2.45) is 0 Å². The highest BCUT2D eigenvalue weighted by Gasteiger charge is 2.34. The number of carbonyl (C=O) groups excluding carboxylic acids is 3. The maximum atomic E-state index is 12.7. The first-order valence-corrected chi connectivity index (χ1v) is 10.5. The number of nitrogens with zero attached hydrogens (tertiary/aromatic N) is 1. The van der Waals surface area contributed by atoms with Crippen LogP contribution in [0.2, 0.25) is 5.02 Å². The van der Waals surface area contributed by atoms with Crippen LogP contribution in [0.25, 0.3) is 6.08 Å². The van der Waals surface area contributed by atoms with Gasteiger partial charge in [0.1, 0.15) is 11.4 Å². The highest BCUT2D eigenvalue weighted by Crippen LogP contribution is 2.24. The summed E-state index contributed by atoms with van der Waals surface area (Å²) in [5.41, 5.74) is 3.08. The zero-order chi connectivity index (χ0) is 23.4. The van der Waals surface area contributed by atoms with Gasteiger partial charge in [-0.3, -0.25) is 9.59 Å². The van der Waals surface area contributed by atoms with Gasteiger partial charge >= 0.3 is 6.03 Å². The summed E-state index contributed by atoms with van der Waals surface area (Å²) >= 11 is 5.87. The van der Waals surface area contributed by atoms with Crippen LogP contribution in [0.3, 0.4) is 0 Å². The van der Waals surface area contributed by atoms with Gasteiger partial charge in [0, 0.05) is 10.7 Å². The van der Waals surface area contributed by atoms with Crippen LogP contribution in [0.4, 0.5) is 16.2 Å². The molecule has 0 aliphatic carbocycles. The van der Waals surface area contributed by atoms with Crippen molar-refractivity contribution in [3.8, 4) is 5.75 Å². The predicted octanol–water partition coefficient (Wildman–Crippen LogP) is 4.76. The van der Waals surface area contributed by atoms with Crippen molar-refractivity contribution < 1.29 is 19.1 Å². The summed E-state index contributed by atoms with van der Waals surface area (Å²) in [5, 5.41) is 5.85. The van der Waals surface area contributed by atoms with Crippen LogP contribution in [0.5, 0.6) is 5.75 Å². The molecule has 1 aliphatic rings. The molecule has 0 radical (unpaired) electrons. The Bertz CT molecular complexity index is 1220. The molecule has 166 valence electrons. The Labute approximate surface area is 195 Å². The van der Waals surface area contributed by atoms with E-state index in [4.69, 9.17) is 16.3 Å². The summed E-state index contributed by atoms with van der Waals surface area (Å²) in [4.78, 5) is 38.1. The second-order valence-corrected chi connectivity index (χ2v) is 7.81. The first-order valence-electron chi connectivity index (χ1n) is 10.1. The maximum Gasteiger partial charge on any atom is 0.333 e.